The first kappa shape index (κ1) is 34.1. The highest BCUT2D eigenvalue weighted by Gasteiger charge is 2.52. The van der Waals surface area contributed by atoms with Crippen molar-refractivity contribution >= 4 is 5.97 Å². The standard InChI is InChI=1S/C30H48O14/c31-15-4-1-13(2-5-15)3-6-24(36)41-12-23-26(38)27(39)28(40)30(44-23)43-22-11-17-18(33)9-16(32)10-21(17)42-29(22)14-7-19(34)25(37)20(35)8-14/h3,6,13-23,25-35,37-40H,1-2,4-5,7-12H2/t13?,14?,15?,16?,17?,18?,19?,20?,21?,22?,23-,25?,26+,27-,28+,29?,30+/m0/s1. The van der Waals surface area contributed by atoms with Crippen molar-refractivity contribution in [2.45, 2.75) is 143 Å². The zero-order valence-corrected chi connectivity index (χ0v) is 24.6. The van der Waals surface area contributed by atoms with E-state index in [1.54, 1.807) is 6.08 Å². The first-order valence-corrected chi connectivity index (χ1v) is 15.8. The van der Waals surface area contributed by atoms with Crippen LogP contribution < -0.4 is 0 Å². The Morgan fingerprint density at radius 1 is 0.705 bits per heavy atom. The van der Waals surface area contributed by atoms with E-state index in [0.29, 0.717) is 12.8 Å². The largest absolute Gasteiger partial charge is 0.460 e. The summed E-state index contributed by atoms with van der Waals surface area (Å²) in [6, 6.07) is 0. The molecule has 14 heteroatoms. The molecule has 5 rings (SSSR count). The molecule has 0 aromatic carbocycles. The molecule has 9 N–H and O–H groups in total. The first-order valence-electron chi connectivity index (χ1n) is 15.8. The molecule has 0 aromatic rings. The lowest BCUT2D eigenvalue weighted by atomic mass is 9.72. The Balaban J connectivity index is 1.25. The summed E-state index contributed by atoms with van der Waals surface area (Å²) in [4.78, 5) is 12.4. The van der Waals surface area contributed by atoms with Crippen LogP contribution in [0.15, 0.2) is 12.2 Å². The monoisotopic (exact) mass is 632 g/mol. The summed E-state index contributed by atoms with van der Waals surface area (Å²) in [6.07, 6.45) is -9.11. The number of aliphatic hydroxyl groups excluding tert-OH is 9. The lowest BCUT2D eigenvalue weighted by Crippen LogP contribution is -2.62. The third-order valence-corrected chi connectivity index (χ3v) is 10.1. The van der Waals surface area contributed by atoms with Gasteiger partial charge in [0, 0.05) is 12.0 Å². The van der Waals surface area contributed by atoms with Crippen molar-refractivity contribution in [1.29, 1.82) is 0 Å². The van der Waals surface area contributed by atoms with Gasteiger partial charge in [-0.15, -0.1) is 0 Å². The van der Waals surface area contributed by atoms with E-state index >= 15 is 0 Å². The smallest absolute Gasteiger partial charge is 0.330 e. The predicted octanol–water partition coefficient (Wildman–Crippen LogP) is -2.39. The minimum atomic E-state index is -1.71. The Hall–Kier alpha value is -1.27. The number of fused-ring (bicyclic) bond motifs is 1. The zero-order valence-electron chi connectivity index (χ0n) is 24.6. The number of carbonyl (C=O) groups excluding carboxylic acids is 1. The van der Waals surface area contributed by atoms with Crippen molar-refractivity contribution in [1.82, 2.24) is 0 Å². The second kappa shape index (κ2) is 14.7. The molecule has 0 aromatic heterocycles. The summed E-state index contributed by atoms with van der Waals surface area (Å²) in [5.41, 5.74) is 0. The highest BCUT2D eigenvalue weighted by atomic mass is 16.7. The minimum absolute atomic E-state index is 0.0776. The van der Waals surface area contributed by atoms with Crippen LogP contribution in [0.2, 0.25) is 0 Å². The predicted molar refractivity (Wildman–Crippen MR) is 148 cm³/mol. The summed E-state index contributed by atoms with van der Waals surface area (Å²) in [7, 11) is 0. The van der Waals surface area contributed by atoms with Gasteiger partial charge in [-0.3, -0.25) is 0 Å². The van der Waals surface area contributed by atoms with E-state index < -0.39 is 104 Å². The molecule has 0 spiro atoms. The Labute approximate surface area is 255 Å². The van der Waals surface area contributed by atoms with Gasteiger partial charge in [-0.2, -0.15) is 0 Å². The molecule has 0 radical (unpaired) electrons. The van der Waals surface area contributed by atoms with Crippen LogP contribution in [0.1, 0.15) is 57.8 Å². The van der Waals surface area contributed by atoms with Gasteiger partial charge in [0.15, 0.2) is 6.29 Å². The maximum atomic E-state index is 12.4. The fraction of sp³-hybridized carbons (Fsp3) is 0.900. The van der Waals surface area contributed by atoms with Crippen LogP contribution in [0.4, 0.5) is 0 Å². The van der Waals surface area contributed by atoms with Crippen molar-refractivity contribution in [2.75, 3.05) is 6.61 Å². The second-order valence-electron chi connectivity index (χ2n) is 13.3. The van der Waals surface area contributed by atoms with Crippen molar-refractivity contribution < 1.29 is 69.7 Å². The van der Waals surface area contributed by atoms with Gasteiger partial charge in [0.1, 0.15) is 37.1 Å². The number of rotatable bonds is 7. The molecule has 2 aliphatic heterocycles. The Morgan fingerprint density at radius 2 is 1.39 bits per heavy atom. The van der Waals surface area contributed by atoms with Gasteiger partial charge < -0.3 is 64.9 Å². The van der Waals surface area contributed by atoms with Crippen molar-refractivity contribution in [2.24, 2.45) is 17.8 Å². The molecular weight excluding hydrogens is 584 g/mol. The van der Waals surface area contributed by atoms with Crippen LogP contribution in [0.5, 0.6) is 0 Å². The number of esters is 1. The Morgan fingerprint density at radius 3 is 2.07 bits per heavy atom. The van der Waals surface area contributed by atoms with Crippen molar-refractivity contribution in [3.05, 3.63) is 12.2 Å². The van der Waals surface area contributed by atoms with Crippen LogP contribution in [-0.2, 0) is 23.7 Å². The Bertz CT molecular complexity index is 961. The highest BCUT2D eigenvalue weighted by Crippen LogP contribution is 2.43. The quantitative estimate of drug-likeness (QED) is 0.105. The van der Waals surface area contributed by atoms with E-state index in [4.69, 9.17) is 18.9 Å². The molecule has 8 unspecified atom stereocenters. The van der Waals surface area contributed by atoms with E-state index in [0.717, 1.165) is 12.8 Å². The minimum Gasteiger partial charge on any atom is -0.460 e. The van der Waals surface area contributed by atoms with Crippen LogP contribution in [0.25, 0.3) is 0 Å². The second-order valence-corrected chi connectivity index (χ2v) is 13.3. The Kier molecular flexibility index (Phi) is 11.3. The number of allylic oxidation sites excluding steroid dienone is 1. The number of hydrogen-bond donors (Lipinski definition) is 9. The summed E-state index contributed by atoms with van der Waals surface area (Å²) in [5.74, 6) is -1.47. The lowest BCUT2D eigenvalue weighted by molar-refractivity contribution is -0.334. The zero-order chi connectivity index (χ0) is 31.7. The van der Waals surface area contributed by atoms with Gasteiger partial charge in [-0.1, -0.05) is 6.08 Å². The molecule has 3 aliphatic carbocycles. The maximum absolute atomic E-state index is 12.4. The number of aliphatic hydroxyl groups is 9. The third-order valence-electron chi connectivity index (χ3n) is 10.1. The molecule has 3 saturated carbocycles. The molecule has 13 atom stereocenters. The number of ether oxygens (including phenoxy) is 4. The molecule has 5 aliphatic rings. The van der Waals surface area contributed by atoms with Crippen molar-refractivity contribution in [3.63, 3.8) is 0 Å². The summed E-state index contributed by atoms with van der Waals surface area (Å²) in [5, 5.41) is 93.4. The fourth-order valence-corrected chi connectivity index (χ4v) is 7.53. The van der Waals surface area contributed by atoms with E-state index in [1.807, 2.05) is 0 Å². The lowest BCUT2D eigenvalue weighted by Gasteiger charge is -2.51. The normalized spacial score (nSPS) is 50.2. The molecule has 44 heavy (non-hydrogen) atoms. The first-order chi connectivity index (χ1) is 20.9. The maximum Gasteiger partial charge on any atom is 0.330 e. The van der Waals surface area contributed by atoms with Gasteiger partial charge >= 0.3 is 5.97 Å². The van der Waals surface area contributed by atoms with Gasteiger partial charge in [-0.05, 0) is 69.6 Å². The van der Waals surface area contributed by atoms with Gasteiger partial charge in [0.05, 0.1) is 48.8 Å². The van der Waals surface area contributed by atoms with E-state index in [-0.39, 0.29) is 44.1 Å². The number of hydrogen-bond acceptors (Lipinski definition) is 14. The average Bonchev–Trinajstić information content (AvgIpc) is 2.98. The third kappa shape index (κ3) is 7.81. The van der Waals surface area contributed by atoms with E-state index in [2.05, 4.69) is 0 Å². The van der Waals surface area contributed by atoms with Crippen LogP contribution in [-0.4, -0.2) is 144 Å². The van der Waals surface area contributed by atoms with Gasteiger partial charge in [0.25, 0.3) is 0 Å². The molecule has 0 bridgehead atoms. The molecule has 0 amide bonds. The molecule has 2 heterocycles. The van der Waals surface area contributed by atoms with Gasteiger partial charge in [-0.25, -0.2) is 4.79 Å². The van der Waals surface area contributed by atoms with Crippen LogP contribution >= 0.6 is 0 Å². The number of carbonyl (C=O) groups is 1. The SMILES string of the molecule is O=C(C=CC1CCC(O)CC1)OC[C@@H]1O[C@@H](OC2CC3C(O)CC(O)CC3OC2C2CC(O)C(O)C(O)C2)[C@H](O)[C@@H](O)[C@@H]1O. The van der Waals surface area contributed by atoms with Crippen molar-refractivity contribution in [3.8, 4) is 0 Å². The topological polar surface area (TPSA) is 236 Å². The summed E-state index contributed by atoms with van der Waals surface area (Å²) >= 11 is 0. The molecule has 5 fully saturated rings. The molecule has 252 valence electrons. The fourth-order valence-electron chi connectivity index (χ4n) is 7.53. The average molecular weight is 633 g/mol. The molecule has 2 saturated heterocycles. The van der Waals surface area contributed by atoms with E-state index in [9.17, 15) is 50.8 Å². The molecular formula is C30H48O14. The van der Waals surface area contributed by atoms with Gasteiger partial charge in [0.2, 0.25) is 0 Å². The van der Waals surface area contributed by atoms with E-state index in [1.165, 1.54) is 6.08 Å². The van der Waals surface area contributed by atoms with Crippen LogP contribution in [0, 0.1) is 17.8 Å². The molecule has 14 nitrogen and oxygen atoms in total. The van der Waals surface area contributed by atoms with Crippen LogP contribution in [0.3, 0.4) is 0 Å². The summed E-state index contributed by atoms with van der Waals surface area (Å²) in [6.45, 7) is -0.442. The highest BCUT2D eigenvalue weighted by molar-refractivity contribution is 5.81. The summed E-state index contributed by atoms with van der Waals surface area (Å²) < 4.78 is 23.6.